The normalized spacial score (nSPS) is 17.3. The van der Waals surface area contributed by atoms with Crippen LogP contribution in [0, 0.1) is 6.92 Å². The molecule has 1 aromatic carbocycles. The molecule has 2 N–H and O–H groups in total. The van der Waals surface area contributed by atoms with Gasteiger partial charge in [0.05, 0.1) is 17.9 Å². The van der Waals surface area contributed by atoms with Crippen LogP contribution in [0.15, 0.2) is 35.1 Å². The number of nitrogens with one attached hydrogen (secondary N) is 1. The molecule has 3 rings (SSSR count). The molecule has 1 aliphatic rings. The van der Waals surface area contributed by atoms with Gasteiger partial charge in [0.1, 0.15) is 10.4 Å². The molecule has 98 valence electrons. The molecule has 0 amide bonds. The lowest BCUT2D eigenvalue weighted by atomic mass is 10.1. The van der Waals surface area contributed by atoms with Crippen molar-refractivity contribution in [2.75, 3.05) is 5.32 Å². The Bertz CT molecular complexity index is 628. The predicted octanol–water partition coefficient (Wildman–Crippen LogP) is 3.96. The number of rotatable bonds is 2. The smallest absolute Gasteiger partial charge is 0.115 e. The number of pyridine rings is 1. The Balaban J connectivity index is 1.84. The van der Waals surface area contributed by atoms with Gasteiger partial charge in [0.2, 0.25) is 0 Å². The van der Waals surface area contributed by atoms with E-state index in [-0.39, 0.29) is 0 Å². The summed E-state index contributed by atoms with van der Waals surface area (Å²) in [5.41, 5.74) is 4.67. The van der Waals surface area contributed by atoms with E-state index in [4.69, 9.17) is 0 Å². The van der Waals surface area contributed by atoms with Crippen LogP contribution in [0.5, 0.6) is 5.75 Å². The van der Waals surface area contributed by atoms with E-state index in [2.05, 4.69) is 32.3 Å². The summed E-state index contributed by atoms with van der Waals surface area (Å²) in [5, 5.41) is 13.0. The quantitative estimate of drug-likeness (QED) is 0.824. The molecule has 0 saturated heterocycles. The van der Waals surface area contributed by atoms with Crippen LogP contribution in [-0.2, 0) is 6.42 Å². The number of aryl methyl sites for hydroxylation is 2. The minimum Gasteiger partial charge on any atom is -0.508 e. The second-order valence-electron chi connectivity index (χ2n) is 4.95. The van der Waals surface area contributed by atoms with E-state index in [1.54, 1.807) is 6.07 Å². The molecule has 1 atom stereocenters. The maximum Gasteiger partial charge on any atom is 0.115 e. The molecular formula is C15H15BrN2O. The second kappa shape index (κ2) is 4.85. The van der Waals surface area contributed by atoms with Gasteiger partial charge >= 0.3 is 0 Å². The number of hydrogen-bond acceptors (Lipinski definition) is 3. The number of phenolic OH excluding ortho intramolecular Hbond substituents is 1. The van der Waals surface area contributed by atoms with Crippen molar-refractivity contribution in [1.82, 2.24) is 4.98 Å². The van der Waals surface area contributed by atoms with Crippen molar-refractivity contribution in [3.63, 3.8) is 0 Å². The van der Waals surface area contributed by atoms with Gasteiger partial charge in [-0.2, -0.15) is 0 Å². The highest BCUT2D eigenvalue weighted by molar-refractivity contribution is 9.10. The number of phenols is 1. The first-order chi connectivity index (χ1) is 9.13. The summed E-state index contributed by atoms with van der Waals surface area (Å²) < 4.78 is 0.884. The molecule has 1 unspecified atom stereocenters. The molecule has 0 fully saturated rings. The third-order valence-corrected chi connectivity index (χ3v) is 4.39. The van der Waals surface area contributed by atoms with E-state index in [1.807, 2.05) is 25.3 Å². The summed E-state index contributed by atoms with van der Waals surface area (Å²) in [6, 6.07) is 8.02. The number of fused-ring (bicyclic) bond motifs is 1. The minimum atomic E-state index is 0.304. The highest BCUT2D eigenvalue weighted by atomic mass is 79.9. The van der Waals surface area contributed by atoms with Crippen molar-refractivity contribution in [3.05, 3.63) is 51.8 Å². The lowest BCUT2D eigenvalue weighted by Crippen LogP contribution is -2.07. The average molecular weight is 319 g/mol. The molecule has 2 aromatic rings. The molecule has 19 heavy (non-hydrogen) atoms. The number of halogens is 1. The van der Waals surface area contributed by atoms with E-state index in [1.165, 1.54) is 11.1 Å². The minimum absolute atomic E-state index is 0.304. The van der Waals surface area contributed by atoms with Crippen molar-refractivity contribution in [2.45, 2.75) is 25.8 Å². The van der Waals surface area contributed by atoms with Gasteiger partial charge in [0.15, 0.2) is 0 Å². The van der Waals surface area contributed by atoms with Gasteiger partial charge in [0.25, 0.3) is 0 Å². The molecule has 0 saturated carbocycles. The molecule has 3 nitrogen and oxygen atoms in total. The standard InChI is InChI=1S/C15H15BrN2O/c1-9-6-11(8-17-15(9)16)18-14-5-2-10-7-12(19)3-4-13(10)14/h3-4,6-8,14,18-19H,2,5H2,1H3. The van der Waals surface area contributed by atoms with Gasteiger partial charge in [-0.25, -0.2) is 4.98 Å². The molecule has 4 heteroatoms. The first-order valence-electron chi connectivity index (χ1n) is 6.34. The number of nitrogens with zero attached hydrogens (tertiary/aromatic N) is 1. The van der Waals surface area contributed by atoms with Crippen LogP contribution in [-0.4, -0.2) is 10.1 Å². The first kappa shape index (κ1) is 12.5. The Morgan fingerprint density at radius 2 is 2.21 bits per heavy atom. The zero-order valence-electron chi connectivity index (χ0n) is 10.7. The van der Waals surface area contributed by atoms with Crippen molar-refractivity contribution < 1.29 is 5.11 Å². The Morgan fingerprint density at radius 1 is 1.37 bits per heavy atom. The van der Waals surface area contributed by atoms with E-state index in [0.29, 0.717) is 11.8 Å². The van der Waals surface area contributed by atoms with E-state index >= 15 is 0 Å². The van der Waals surface area contributed by atoms with Crippen LogP contribution in [0.1, 0.15) is 29.2 Å². The van der Waals surface area contributed by atoms with Gasteiger partial charge in [-0.1, -0.05) is 6.07 Å². The molecule has 0 spiro atoms. The molecule has 1 heterocycles. The number of benzene rings is 1. The van der Waals surface area contributed by atoms with Crippen molar-refractivity contribution >= 4 is 21.6 Å². The molecular weight excluding hydrogens is 304 g/mol. The SMILES string of the molecule is Cc1cc(NC2CCc3cc(O)ccc32)cnc1Br. The van der Waals surface area contributed by atoms with E-state index in [9.17, 15) is 5.11 Å². The van der Waals surface area contributed by atoms with Crippen molar-refractivity contribution in [1.29, 1.82) is 0 Å². The Hall–Kier alpha value is -1.55. The van der Waals surface area contributed by atoms with Crippen LogP contribution >= 0.6 is 15.9 Å². The number of aromatic nitrogens is 1. The molecule has 1 aromatic heterocycles. The summed E-state index contributed by atoms with van der Waals surface area (Å²) in [6.45, 7) is 2.03. The van der Waals surface area contributed by atoms with Crippen LogP contribution in [0.3, 0.4) is 0 Å². The maximum atomic E-state index is 9.50. The van der Waals surface area contributed by atoms with Gasteiger partial charge in [-0.15, -0.1) is 0 Å². The van der Waals surface area contributed by atoms with Crippen LogP contribution in [0.2, 0.25) is 0 Å². The van der Waals surface area contributed by atoms with Crippen LogP contribution < -0.4 is 5.32 Å². The Morgan fingerprint density at radius 3 is 3.00 bits per heavy atom. The van der Waals surface area contributed by atoms with Gasteiger partial charge in [-0.3, -0.25) is 0 Å². The van der Waals surface area contributed by atoms with E-state index in [0.717, 1.165) is 28.7 Å². The largest absolute Gasteiger partial charge is 0.508 e. The average Bonchev–Trinajstić information content (AvgIpc) is 2.76. The highest BCUT2D eigenvalue weighted by Gasteiger charge is 2.22. The highest BCUT2D eigenvalue weighted by Crippen LogP contribution is 2.35. The summed E-state index contributed by atoms with van der Waals surface area (Å²) >= 11 is 3.41. The van der Waals surface area contributed by atoms with Crippen LogP contribution in [0.4, 0.5) is 5.69 Å². The zero-order valence-corrected chi connectivity index (χ0v) is 12.2. The third kappa shape index (κ3) is 2.45. The first-order valence-corrected chi connectivity index (χ1v) is 7.13. The summed E-state index contributed by atoms with van der Waals surface area (Å²) in [4.78, 5) is 4.30. The zero-order chi connectivity index (χ0) is 13.4. The Labute approximate surface area is 120 Å². The predicted molar refractivity (Wildman–Crippen MR) is 79.5 cm³/mol. The monoisotopic (exact) mass is 318 g/mol. The second-order valence-corrected chi connectivity index (χ2v) is 5.70. The lowest BCUT2D eigenvalue weighted by Gasteiger charge is -2.16. The topological polar surface area (TPSA) is 45.1 Å². The fraction of sp³-hybridized carbons (Fsp3) is 0.267. The van der Waals surface area contributed by atoms with Crippen molar-refractivity contribution in [3.8, 4) is 5.75 Å². The fourth-order valence-corrected chi connectivity index (χ4v) is 2.81. The van der Waals surface area contributed by atoms with Crippen molar-refractivity contribution in [2.24, 2.45) is 0 Å². The number of aromatic hydroxyl groups is 1. The third-order valence-electron chi connectivity index (χ3n) is 3.56. The summed E-state index contributed by atoms with van der Waals surface area (Å²) in [5.74, 6) is 0.348. The van der Waals surface area contributed by atoms with Gasteiger partial charge in [-0.05, 0) is 70.6 Å². The lowest BCUT2D eigenvalue weighted by molar-refractivity contribution is 0.474. The van der Waals surface area contributed by atoms with Crippen LogP contribution in [0.25, 0.3) is 0 Å². The van der Waals surface area contributed by atoms with Gasteiger partial charge < -0.3 is 10.4 Å². The fourth-order valence-electron chi connectivity index (χ4n) is 2.59. The number of anilines is 1. The summed E-state index contributed by atoms with van der Waals surface area (Å²) in [7, 11) is 0. The summed E-state index contributed by atoms with van der Waals surface area (Å²) in [6.07, 6.45) is 3.90. The molecule has 0 bridgehead atoms. The van der Waals surface area contributed by atoms with E-state index < -0.39 is 0 Å². The number of hydrogen-bond donors (Lipinski definition) is 2. The molecule has 0 aliphatic heterocycles. The Kier molecular flexibility index (Phi) is 3.19. The molecule has 0 radical (unpaired) electrons. The molecule has 1 aliphatic carbocycles. The maximum absolute atomic E-state index is 9.50. The van der Waals surface area contributed by atoms with Gasteiger partial charge in [0, 0.05) is 0 Å².